The van der Waals surface area contributed by atoms with E-state index < -0.39 is 0 Å². The number of esters is 1. The van der Waals surface area contributed by atoms with Crippen LogP contribution in [0.2, 0.25) is 0 Å². The molecule has 0 saturated carbocycles. The largest absolute Gasteiger partial charge is 0.462 e. The molecule has 1 heterocycles. The van der Waals surface area contributed by atoms with Crippen molar-refractivity contribution in [2.45, 2.75) is 52.6 Å². The van der Waals surface area contributed by atoms with E-state index in [4.69, 9.17) is 4.74 Å². The number of allylic oxidation sites excluding steroid dienone is 2. The number of rotatable bonds is 0. The summed E-state index contributed by atoms with van der Waals surface area (Å²) >= 11 is 0. The quantitative estimate of drug-likeness (QED) is 0.490. The maximum Gasteiger partial charge on any atom is 0.309 e. The van der Waals surface area contributed by atoms with Crippen molar-refractivity contribution in [1.29, 1.82) is 0 Å². The summed E-state index contributed by atoms with van der Waals surface area (Å²) in [7, 11) is 0. The molecule has 0 aromatic rings. The summed E-state index contributed by atoms with van der Waals surface area (Å²) in [5.41, 5.74) is 1.25. The summed E-state index contributed by atoms with van der Waals surface area (Å²) in [5.74, 6) is 0.396. The van der Waals surface area contributed by atoms with E-state index in [1.54, 1.807) is 0 Å². The van der Waals surface area contributed by atoms with E-state index in [9.17, 15) is 9.59 Å². The number of carbonyl (C=O) groups is 2. The molecule has 1 fully saturated rings. The first-order valence-corrected chi connectivity index (χ1v) is 6.88. The van der Waals surface area contributed by atoms with E-state index in [0.29, 0.717) is 12.8 Å². The molecule has 3 nitrogen and oxygen atoms in total. The van der Waals surface area contributed by atoms with E-state index in [-0.39, 0.29) is 35.6 Å². The second-order valence-corrected chi connectivity index (χ2v) is 5.82. The minimum Gasteiger partial charge on any atom is -0.462 e. The Hall–Kier alpha value is -1.12. The Balaban J connectivity index is 2.19. The molecule has 0 unspecified atom stereocenters. The van der Waals surface area contributed by atoms with Crippen molar-refractivity contribution < 1.29 is 14.3 Å². The smallest absolute Gasteiger partial charge is 0.309 e. The van der Waals surface area contributed by atoms with Gasteiger partial charge in [0.15, 0.2) is 0 Å². The first-order valence-electron chi connectivity index (χ1n) is 6.88. The highest BCUT2D eigenvalue weighted by Crippen LogP contribution is 2.36. The molecule has 100 valence electrons. The predicted molar refractivity (Wildman–Crippen MR) is 68.9 cm³/mol. The Labute approximate surface area is 109 Å². The average molecular weight is 250 g/mol. The van der Waals surface area contributed by atoms with Gasteiger partial charge in [0, 0.05) is 18.3 Å². The molecule has 0 spiro atoms. The maximum atomic E-state index is 11.9. The molecule has 18 heavy (non-hydrogen) atoms. The lowest BCUT2D eigenvalue weighted by atomic mass is 9.81. The number of hydrogen-bond donors (Lipinski definition) is 0. The molecule has 0 bridgehead atoms. The van der Waals surface area contributed by atoms with Crippen LogP contribution in [-0.2, 0) is 14.3 Å². The van der Waals surface area contributed by atoms with Crippen molar-refractivity contribution in [3.63, 3.8) is 0 Å². The number of Topliss-reactive ketones (excluding diaryl/α,β-unsaturated/α-hetero) is 1. The highest BCUT2D eigenvalue weighted by Gasteiger charge is 2.42. The van der Waals surface area contributed by atoms with Crippen LogP contribution in [0, 0.1) is 17.8 Å². The Kier molecular flexibility index (Phi) is 3.88. The molecular formula is C15H22O3. The fraction of sp³-hybridized carbons (Fsp3) is 0.733. The van der Waals surface area contributed by atoms with Gasteiger partial charge in [-0.3, -0.25) is 9.59 Å². The van der Waals surface area contributed by atoms with Crippen molar-refractivity contribution in [3.05, 3.63) is 11.6 Å². The van der Waals surface area contributed by atoms with Gasteiger partial charge in [0.25, 0.3) is 0 Å². The molecule has 0 aromatic heterocycles. The fourth-order valence-corrected chi connectivity index (χ4v) is 2.95. The van der Waals surface area contributed by atoms with Gasteiger partial charge in [-0.25, -0.2) is 0 Å². The van der Waals surface area contributed by atoms with Crippen LogP contribution < -0.4 is 0 Å². The van der Waals surface area contributed by atoms with Gasteiger partial charge < -0.3 is 4.74 Å². The minimum atomic E-state index is -0.0921. The highest BCUT2D eigenvalue weighted by molar-refractivity contribution is 5.82. The molecule has 4 atom stereocenters. The van der Waals surface area contributed by atoms with Gasteiger partial charge in [-0.2, -0.15) is 0 Å². The summed E-state index contributed by atoms with van der Waals surface area (Å²) in [6.07, 6.45) is 5.14. The van der Waals surface area contributed by atoms with Crippen molar-refractivity contribution in [1.82, 2.24) is 0 Å². The SMILES string of the molecule is C/C1=C\CC(=O)[C@@H](C)C[C@@H]2OC(=O)[C@@H](C)[C@H]2CC1. The maximum absolute atomic E-state index is 11.9. The summed E-state index contributed by atoms with van der Waals surface area (Å²) in [6, 6.07) is 0. The fourth-order valence-electron chi connectivity index (χ4n) is 2.95. The molecule has 0 aromatic carbocycles. The average Bonchev–Trinajstić information content (AvgIpc) is 2.59. The zero-order valence-corrected chi connectivity index (χ0v) is 11.4. The molecule has 1 aliphatic carbocycles. The van der Waals surface area contributed by atoms with Gasteiger partial charge in [-0.15, -0.1) is 0 Å². The van der Waals surface area contributed by atoms with Crippen LogP contribution in [-0.4, -0.2) is 17.9 Å². The predicted octanol–water partition coefficient (Wildman–Crippen LogP) is 2.89. The van der Waals surface area contributed by atoms with Crippen molar-refractivity contribution in [2.75, 3.05) is 0 Å². The second-order valence-electron chi connectivity index (χ2n) is 5.82. The molecule has 2 rings (SSSR count). The molecule has 0 radical (unpaired) electrons. The van der Waals surface area contributed by atoms with E-state index in [1.165, 1.54) is 5.57 Å². The number of ether oxygens (including phenoxy) is 1. The van der Waals surface area contributed by atoms with Crippen LogP contribution >= 0.6 is 0 Å². The molecular weight excluding hydrogens is 228 g/mol. The number of ketones is 1. The lowest BCUT2D eigenvalue weighted by Crippen LogP contribution is -2.25. The Morgan fingerprint density at radius 3 is 2.72 bits per heavy atom. The Morgan fingerprint density at radius 2 is 2.00 bits per heavy atom. The lowest BCUT2D eigenvalue weighted by molar-refractivity contribution is -0.145. The third-order valence-electron chi connectivity index (χ3n) is 4.42. The van der Waals surface area contributed by atoms with Gasteiger partial charge in [-0.1, -0.05) is 25.5 Å². The van der Waals surface area contributed by atoms with Crippen LogP contribution in [0.3, 0.4) is 0 Å². The van der Waals surface area contributed by atoms with Gasteiger partial charge in [0.1, 0.15) is 11.9 Å². The summed E-state index contributed by atoms with van der Waals surface area (Å²) in [6.45, 7) is 5.96. The van der Waals surface area contributed by atoms with Gasteiger partial charge >= 0.3 is 5.97 Å². The van der Waals surface area contributed by atoms with Crippen LogP contribution in [0.1, 0.15) is 46.5 Å². The van der Waals surface area contributed by atoms with E-state index in [2.05, 4.69) is 6.92 Å². The van der Waals surface area contributed by atoms with E-state index in [0.717, 1.165) is 12.8 Å². The van der Waals surface area contributed by atoms with Crippen LogP contribution in [0.25, 0.3) is 0 Å². The molecule has 0 amide bonds. The van der Waals surface area contributed by atoms with Crippen LogP contribution in [0.4, 0.5) is 0 Å². The first kappa shape index (κ1) is 13.3. The molecule has 2 aliphatic rings. The third-order valence-corrected chi connectivity index (χ3v) is 4.42. The van der Waals surface area contributed by atoms with Crippen LogP contribution in [0.5, 0.6) is 0 Å². The Bertz CT molecular complexity index is 383. The minimum absolute atomic E-state index is 0.0160. The molecule has 1 aliphatic heterocycles. The van der Waals surface area contributed by atoms with Crippen molar-refractivity contribution in [2.24, 2.45) is 17.8 Å². The van der Waals surface area contributed by atoms with Gasteiger partial charge in [0.2, 0.25) is 0 Å². The van der Waals surface area contributed by atoms with Crippen molar-refractivity contribution in [3.8, 4) is 0 Å². The van der Waals surface area contributed by atoms with E-state index in [1.807, 2.05) is 19.9 Å². The molecule has 3 heteroatoms. The normalized spacial score (nSPS) is 40.7. The Morgan fingerprint density at radius 1 is 1.28 bits per heavy atom. The van der Waals surface area contributed by atoms with E-state index >= 15 is 0 Å². The number of fused-ring (bicyclic) bond motifs is 1. The molecule has 0 N–H and O–H groups in total. The third kappa shape index (κ3) is 2.65. The standard InChI is InChI=1S/C15H22O3/c1-9-4-6-12-11(3)15(17)18-14(12)8-10(2)13(16)7-5-9/h5,10-12,14H,4,6-8H2,1-3H3/b9-5+/t10-,11-,12+,14-/m0/s1. The zero-order valence-electron chi connectivity index (χ0n) is 11.4. The zero-order chi connectivity index (χ0) is 13.3. The highest BCUT2D eigenvalue weighted by atomic mass is 16.6. The lowest BCUT2D eigenvalue weighted by Gasteiger charge is -2.23. The number of carbonyl (C=O) groups excluding carboxylic acids is 2. The monoisotopic (exact) mass is 250 g/mol. The van der Waals surface area contributed by atoms with Crippen molar-refractivity contribution >= 4 is 11.8 Å². The number of hydrogen-bond acceptors (Lipinski definition) is 3. The first-order chi connectivity index (χ1) is 8.49. The summed E-state index contributed by atoms with van der Waals surface area (Å²) < 4.78 is 5.45. The topological polar surface area (TPSA) is 43.4 Å². The summed E-state index contributed by atoms with van der Waals surface area (Å²) in [5, 5.41) is 0. The second kappa shape index (κ2) is 5.25. The van der Waals surface area contributed by atoms with Crippen LogP contribution in [0.15, 0.2) is 11.6 Å². The van der Waals surface area contributed by atoms with Gasteiger partial charge in [0.05, 0.1) is 5.92 Å². The van der Waals surface area contributed by atoms with Gasteiger partial charge in [-0.05, 0) is 26.2 Å². The summed E-state index contributed by atoms with van der Waals surface area (Å²) in [4.78, 5) is 23.6. The molecule has 1 saturated heterocycles.